The van der Waals surface area contributed by atoms with E-state index in [0.29, 0.717) is 5.69 Å². The Bertz CT molecular complexity index is 1100. The Morgan fingerprint density at radius 2 is 1.86 bits per heavy atom. The first-order chi connectivity index (χ1) is 14.2. The van der Waals surface area contributed by atoms with Crippen LogP contribution >= 0.6 is 0 Å². The number of H-pyrrole nitrogens is 1. The lowest BCUT2D eigenvalue weighted by atomic mass is 10.1. The highest BCUT2D eigenvalue weighted by Gasteiger charge is 2.06. The molecule has 0 aliphatic heterocycles. The van der Waals surface area contributed by atoms with E-state index in [2.05, 4.69) is 32.7 Å². The van der Waals surface area contributed by atoms with Crippen LogP contribution in [-0.2, 0) is 17.6 Å². The number of anilines is 2. The third-order valence-electron chi connectivity index (χ3n) is 4.70. The number of carbonyl (C=O) groups excluding carboxylic acids is 1. The quantitative estimate of drug-likeness (QED) is 0.435. The number of aromatic amines is 1. The number of nitrogens with one attached hydrogen (secondary N) is 3. The van der Waals surface area contributed by atoms with Crippen LogP contribution in [0.15, 0.2) is 73.1 Å². The van der Waals surface area contributed by atoms with Crippen molar-refractivity contribution in [3.05, 3.63) is 90.0 Å². The fourth-order valence-corrected chi connectivity index (χ4v) is 3.23. The Morgan fingerprint density at radius 1 is 1.03 bits per heavy atom. The van der Waals surface area contributed by atoms with E-state index in [0.717, 1.165) is 29.9 Å². The second kappa shape index (κ2) is 8.56. The van der Waals surface area contributed by atoms with Crippen LogP contribution in [-0.4, -0.2) is 22.4 Å². The number of amides is 1. The zero-order valence-corrected chi connectivity index (χ0v) is 15.8. The summed E-state index contributed by atoms with van der Waals surface area (Å²) in [4.78, 5) is 19.7. The maximum atomic E-state index is 12.9. The minimum Gasteiger partial charge on any atom is -0.370 e. The number of aromatic nitrogens is 2. The molecule has 4 rings (SSSR count). The molecule has 0 saturated heterocycles. The Labute approximate surface area is 168 Å². The molecular weight excluding hydrogens is 367 g/mol. The van der Waals surface area contributed by atoms with Gasteiger partial charge in [0.1, 0.15) is 11.6 Å². The molecule has 0 aliphatic rings. The number of carbonyl (C=O) groups is 1. The second-order valence-electron chi connectivity index (χ2n) is 6.82. The molecule has 0 spiro atoms. The smallest absolute Gasteiger partial charge is 0.228 e. The van der Waals surface area contributed by atoms with Crippen LogP contribution in [0.4, 0.5) is 15.9 Å². The summed E-state index contributed by atoms with van der Waals surface area (Å²) < 4.78 is 12.9. The summed E-state index contributed by atoms with van der Waals surface area (Å²) in [7, 11) is 0. The summed E-state index contributed by atoms with van der Waals surface area (Å²) in [6, 6.07) is 17.8. The van der Waals surface area contributed by atoms with Gasteiger partial charge in [0, 0.05) is 23.6 Å². The number of fused-ring (bicyclic) bond motifs is 1. The molecule has 6 heteroatoms. The monoisotopic (exact) mass is 388 g/mol. The highest BCUT2D eigenvalue weighted by atomic mass is 19.1. The fraction of sp³-hybridized carbons (Fsp3) is 0.130. The van der Waals surface area contributed by atoms with E-state index in [1.807, 2.05) is 30.5 Å². The minimum absolute atomic E-state index is 0.168. The average Bonchev–Trinajstić information content (AvgIpc) is 3.14. The summed E-state index contributed by atoms with van der Waals surface area (Å²) >= 11 is 0. The van der Waals surface area contributed by atoms with Crippen molar-refractivity contribution in [3.63, 3.8) is 0 Å². The van der Waals surface area contributed by atoms with E-state index in [4.69, 9.17) is 0 Å². The van der Waals surface area contributed by atoms with Crippen molar-refractivity contribution in [1.29, 1.82) is 0 Å². The van der Waals surface area contributed by atoms with Gasteiger partial charge in [0.25, 0.3) is 0 Å². The lowest BCUT2D eigenvalue weighted by Gasteiger charge is -2.08. The molecule has 0 bridgehead atoms. The van der Waals surface area contributed by atoms with Gasteiger partial charge in [-0.05, 0) is 47.9 Å². The van der Waals surface area contributed by atoms with Crippen LogP contribution in [0.2, 0.25) is 0 Å². The van der Waals surface area contributed by atoms with E-state index < -0.39 is 0 Å². The van der Waals surface area contributed by atoms with Crippen molar-refractivity contribution >= 4 is 28.3 Å². The van der Waals surface area contributed by atoms with Gasteiger partial charge in [-0.1, -0.05) is 30.3 Å². The van der Waals surface area contributed by atoms with Crippen LogP contribution in [0.25, 0.3) is 10.9 Å². The topological polar surface area (TPSA) is 69.8 Å². The zero-order valence-electron chi connectivity index (χ0n) is 15.8. The van der Waals surface area contributed by atoms with Crippen molar-refractivity contribution in [1.82, 2.24) is 9.97 Å². The predicted octanol–water partition coefficient (Wildman–Crippen LogP) is 4.54. The Morgan fingerprint density at radius 3 is 2.66 bits per heavy atom. The van der Waals surface area contributed by atoms with Crippen molar-refractivity contribution in [2.45, 2.75) is 12.8 Å². The van der Waals surface area contributed by atoms with Gasteiger partial charge < -0.3 is 15.6 Å². The first kappa shape index (κ1) is 18.7. The summed E-state index contributed by atoms with van der Waals surface area (Å²) in [5.74, 6) is 0.269. The van der Waals surface area contributed by atoms with Gasteiger partial charge in [0.15, 0.2) is 0 Å². The minimum atomic E-state index is -0.314. The summed E-state index contributed by atoms with van der Waals surface area (Å²) in [5.41, 5.74) is 3.78. The zero-order chi connectivity index (χ0) is 20.1. The maximum absolute atomic E-state index is 12.9. The maximum Gasteiger partial charge on any atom is 0.228 e. The first-order valence-electron chi connectivity index (χ1n) is 9.46. The molecule has 0 unspecified atom stereocenters. The van der Waals surface area contributed by atoms with E-state index in [9.17, 15) is 9.18 Å². The van der Waals surface area contributed by atoms with Gasteiger partial charge in [0.2, 0.25) is 5.91 Å². The molecule has 2 heterocycles. The number of pyridine rings is 1. The SMILES string of the molecule is O=C(Cc1ccc(F)cc1)Nc1ccc(NCCc2c[nH]c3ccccc23)nc1. The van der Waals surface area contributed by atoms with Gasteiger partial charge in [-0.3, -0.25) is 4.79 Å². The van der Waals surface area contributed by atoms with E-state index in [-0.39, 0.29) is 18.1 Å². The molecule has 0 atom stereocenters. The molecule has 1 amide bonds. The van der Waals surface area contributed by atoms with Crippen molar-refractivity contribution in [2.75, 3.05) is 17.2 Å². The van der Waals surface area contributed by atoms with Crippen molar-refractivity contribution in [2.24, 2.45) is 0 Å². The van der Waals surface area contributed by atoms with Gasteiger partial charge in [-0.15, -0.1) is 0 Å². The fourth-order valence-electron chi connectivity index (χ4n) is 3.23. The highest BCUT2D eigenvalue weighted by molar-refractivity contribution is 5.92. The number of hydrogen-bond acceptors (Lipinski definition) is 3. The van der Waals surface area contributed by atoms with E-state index >= 15 is 0 Å². The predicted molar refractivity (Wildman–Crippen MR) is 113 cm³/mol. The lowest BCUT2D eigenvalue weighted by molar-refractivity contribution is -0.115. The largest absolute Gasteiger partial charge is 0.370 e. The van der Waals surface area contributed by atoms with E-state index in [1.165, 1.54) is 23.1 Å². The third-order valence-corrected chi connectivity index (χ3v) is 4.70. The molecule has 2 aromatic heterocycles. The Hall–Kier alpha value is -3.67. The Kier molecular flexibility index (Phi) is 5.52. The van der Waals surface area contributed by atoms with Gasteiger partial charge in [-0.2, -0.15) is 0 Å². The number of rotatable bonds is 7. The summed E-state index contributed by atoms with van der Waals surface area (Å²) in [6.45, 7) is 0.755. The number of benzene rings is 2. The molecule has 146 valence electrons. The average molecular weight is 388 g/mol. The van der Waals surface area contributed by atoms with Gasteiger partial charge in [0.05, 0.1) is 18.3 Å². The summed E-state index contributed by atoms with van der Waals surface area (Å²) in [6.07, 6.45) is 4.73. The van der Waals surface area contributed by atoms with Crippen molar-refractivity contribution in [3.8, 4) is 0 Å². The molecular formula is C23H21FN4O. The summed E-state index contributed by atoms with van der Waals surface area (Å²) in [5, 5.41) is 7.34. The number of hydrogen-bond donors (Lipinski definition) is 3. The molecule has 0 saturated carbocycles. The lowest BCUT2D eigenvalue weighted by Crippen LogP contribution is -2.14. The normalized spacial score (nSPS) is 10.8. The van der Waals surface area contributed by atoms with Gasteiger partial charge in [-0.25, -0.2) is 9.37 Å². The standard InChI is InChI=1S/C23H21FN4O/c24-18-7-5-16(6-8-18)13-23(29)28-19-9-10-22(27-15-19)25-12-11-17-14-26-21-4-2-1-3-20(17)21/h1-10,14-15,26H,11-13H2,(H,25,27)(H,28,29). The molecule has 0 fully saturated rings. The number of halogens is 1. The van der Waals surface area contributed by atoms with E-state index in [1.54, 1.807) is 18.3 Å². The number of nitrogens with zero attached hydrogens (tertiary/aromatic N) is 1. The molecule has 3 N–H and O–H groups in total. The third kappa shape index (κ3) is 4.79. The molecule has 0 radical (unpaired) electrons. The van der Waals surface area contributed by atoms with Crippen LogP contribution < -0.4 is 10.6 Å². The van der Waals surface area contributed by atoms with Crippen LogP contribution in [0.1, 0.15) is 11.1 Å². The molecule has 0 aliphatic carbocycles. The highest BCUT2D eigenvalue weighted by Crippen LogP contribution is 2.18. The van der Waals surface area contributed by atoms with Gasteiger partial charge >= 0.3 is 0 Å². The molecule has 5 nitrogen and oxygen atoms in total. The first-order valence-corrected chi connectivity index (χ1v) is 9.46. The molecule has 2 aromatic carbocycles. The van der Waals surface area contributed by atoms with Crippen molar-refractivity contribution < 1.29 is 9.18 Å². The number of para-hydroxylation sites is 1. The second-order valence-corrected chi connectivity index (χ2v) is 6.82. The van der Waals surface area contributed by atoms with Crippen LogP contribution in [0.5, 0.6) is 0 Å². The van der Waals surface area contributed by atoms with Crippen LogP contribution in [0, 0.1) is 5.82 Å². The Balaban J connectivity index is 1.27. The van der Waals surface area contributed by atoms with Crippen LogP contribution in [0.3, 0.4) is 0 Å². The molecule has 29 heavy (non-hydrogen) atoms. The molecule has 4 aromatic rings.